The number of anilines is 1. The van der Waals surface area contributed by atoms with Gasteiger partial charge in [0, 0.05) is 54.9 Å². The molecule has 5 rings (SSSR count). The SMILES string of the molecule is Cc1ccc(C(=O)N2CCCC(Cc3ccc4ncccc4c3)C2)cc1NCc1ccncc1. The molecule has 1 amide bonds. The molecule has 2 aromatic heterocycles. The largest absolute Gasteiger partial charge is 0.381 e. The van der Waals surface area contributed by atoms with Gasteiger partial charge in [0.15, 0.2) is 0 Å². The molecular weight excluding hydrogens is 420 g/mol. The van der Waals surface area contributed by atoms with E-state index in [0.29, 0.717) is 12.5 Å². The minimum atomic E-state index is 0.124. The lowest BCUT2D eigenvalue weighted by Gasteiger charge is -2.33. The van der Waals surface area contributed by atoms with Gasteiger partial charge >= 0.3 is 0 Å². The molecule has 5 heteroatoms. The molecule has 172 valence electrons. The van der Waals surface area contributed by atoms with Gasteiger partial charge in [-0.2, -0.15) is 0 Å². The fraction of sp³-hybridized carbons (Fsp3) is 0.276. The Morgan fingerprint density at radius 3 is 2.79 bits per heavy atom. The second kappa shape index (κ2) is 10.0. The van der Waals surface area contributed by atoms with E-state index in [1.54, 1.807) is 12.4 Å². The average molecular weight is 451 g/mol. The van der Waals surface area contributed by atoms with Crippen molar-refractivity contribution in [3.05, 3.63) is 102 Å². The molecule has 34 heavy (non-hydrogen) atoms. The maximum absolute atomic E-state index is 13.4. The van der Waals surface area contributed by atoms with Gasteiger partial charge in [-0.05, 0) is 91.3 Å². The van der Waals surface area contributed by atoms with Crippen LogP contribution in [0.2, 0.25) is 0 Å². The predicted molar refractivity (Wildman–Crippen MR) is 137 cm³/mol. The zero-order chi connectivity index (χ0) is 23.3. The topological polar surface area (TPSA) is 58.1 Å². The first-order valence-electron chi connectivity index (χ1n) is 12.0. The highest BCUT2D eigenvalue weighted by Gasteiger charge is 2.25. The van der Waals surface area contributed by atoms with E-state index in [0.717, 1.165) is 60.2 Å². The Kier molecular flexibility index (Phi) is 6.52. The molecule has 1 aliphatic heterocycles. The van der Waals surface area contributed by atoms with Crippen LogP contribution in [0.1, 0.15) is 39.9 Å². The molecule has 2 aromatic carbocycles. The molecular formula is C29H30N4O. The normalized spacial score (nSPS) is 15.9. The molecule has 1 saturated heterocycles. The van der Waals surface area contributed by atoms with Crippen molar-refractivity contribution in [2.75, 3.05) is 18.4 Å². The summed E-state index contributed by atoms with van der Waals surface area (Å²) in [5, 5.41) is 4.66. The molecule has 0 saturated carbocycles. The zero-order valence-electron chi connectivity index (χ0n) is 19.6. The summed E-state index contributed by atoms with van der Waals surface area (Å²) in [6.07, 6.45) is 8.61. The summed E-state index contributed by atoms with van der Waals surface area (Å²) in [5.74, 6) is 0.598. The Labute approximate surface area is 200 Å². The molecule has 1 atom stereocenters. The number of carbonyl (C=O) groups is 1. The van der Waals surface area contributed by atoms with Crippen LogP contribution >= 0.6 is 0 Å². The van der Waals surface area contributed by atoms with Crippen LogP contribution < -0.4 is 5.32 Å². The number of fused-ring (bicyclic) bond motifs is 1. The van der Waals surface area contributed by atoms with E-state index < -0.39 is 0 Å². The van der Waals surface area contributed by atoms with Crippen molar-refractivity contribution < 1.29 is 4.79 Å². The summed E-state index contributed by atoms with van der Waals surface area (Å²) >= 11 is 0. The van der Waals surface area contributed by atoms with Crippen molar-refractivity contribution in [2.45, 2.75) is 32.7 Å². The van der Waals surface area contributed by atoms with Crippen LogP contribution in [0, 0.1) is 12.8 Å². The van der Waals surface area contributed by atoms with E-state index >= 15 is 0 Å². The predicted octanol–water partition coefficient (Wildman–Crippen LogP) is 5.65. The highest BCUT2D eigenvalue weighted by molar-refractivity contribution is 5.95. The van der Waals surface area contributed by atoms with E-state index in [1.807, 2.05) is 47.5 Å². The molecule has 4 aromatic rings. The maximum atomic E-state index is 13.4. The van der Waals surface area contributed by atoms with E-state index in [2.05, 4.69) is 46.5 Å². The molecule has 1 N–H and O–H groups in total. The monoisotopic (exact) mass is 450 g/mol. The second-order valence-electron chi connectivity index (χ2n) is 9.23. The number of hydrogen-bond acceptors (Lipinski definition) is 4. The van der Waals surface area contributed by atoms with Crippen molar-refractivity contribution in [2.24, 2.45) is 5.92 Å². The summed E-state index contributed by atoms with van der Waals surface area (Å²) in [6.45, 7) is 4.40. The van der Waals surface area contributed by atoms with E-state index in [1.165, 1.54) is 10.9 Å². The van der Waals surface area contributed by atoms with Gasteiger partial charge < -0.3 is 10.2 Å². The van der Waals surface area contributed by atoms with Gasteiger partial charge in [-0.3, -0.25) is 14.8 Å². The molecule has 1 aliphatic rings. The van der Waals surface area contributed by atoms with Crippen molar-refractivity contribution in [3.63, 3.8) is 0 Å². The quantitative estimate of drug-likeness (QED) is 0.413. The third kappa shape index (κ3) is 5.09. The third-order valence-corrected chi connectivity index (χ3v) is 6.71. The number of pyridine rings is 2. The van der Waals surface area contributed by atoms with Crippen molar-refractivity contribution in [3.8, 4) is 0 Å². The van der Waals surface area contributed by atoms with E-state index in [9.17, 15) is 4.79 Å². The number of nitrogens with one attached hydrogen (secondary N) is 1. The molecule has 1 unspecified atom stereocenters. The molecule has 0 radical (unpaired) electrons. The van der Waals surface area contributed by atoms with Crippen LogP contribution in [-0.4, -0.2) is 33.9 Å². The number of rotatable bonds is 6. The summed E-state index contributed by atoms with van der Waals surface area (Å²) in [5.41, 5.74) is 6.39. The van der Waals surface area contributed by atoms with Gasteiger partial charge in [-0.25, -0.2) is 0 Å². The number of aryl methyl sites for hydroxylation is 1. The molecule has 3 heterocycles. The molecule has 0 bridgehead atoms. The van der Waals surface area contributed by atoms with Crippen LogP contribution in [0.15, 0.2) is 79.3 Å². The van der Waals surface area contributed by atoms with Crippen LogP contribution in [0.4, 0.5) is 5.69 Å². The lowest BCUT2D eigenvalue weighted by atomic mass is 9.90. The summed E-state index contributed by atoms with van der Waals surface area (Å²) < 4.78 is 0. The fourth-order valence-corrected chi connectivity index (χ4v) is 4.83. The van der Waals surface area contributed by atoms with E-state index in [-0.39, 0.29) is 5.91 Å². The van der Waals surface area contributed by atoms with Gasteiger partial charge in [-0.15, -0.1) is 0 Å². The smallest absolute Gasteiger partial charge is 0.253 e. The number of benzene rings is 2. The number of piperidine rings is 1. The maximum Gasteiger partial charge on any atom is 0.253 e. The van der Waals surface area contributed by atoms with Crippen molar-refractivity contribution in [1.82, 2.24) is 14.9 Å². The third-order valence-electron chi connectivity index (χ3n) is 6.71. The Morgan fingerprint density at radius 1 is 1.03 bits per heavy atom. The number of hydrogen-bond donors (Lipinski definition) is 1. The molecule has 0 aliphatic carbocycles. The Hall–Kier alpha value is -3.73. The van der Waals surface area contributed by atoms with Crippen LogP contribution in [0.25, 0.3) is 10.9 Å². The van der Waals surface area contributed by atoms with Gasteiger partial charge in [0.1, 0.15) is 0 Å². The number of aromatic nitrogens is 2. The van der Waals surface area contributed by atoms with Crippen LogP contribution in [0.5, 0.6) is 0 Å². The highest BCUT2D eigenvalue weighted by atomic mass is 16.2. The first-order valence-corrected chi connectivity index (χ1v) is 12.0. The number of likely N-dealkylation sites (tertiary alicyclic amines) is 1. The average Bonchev–Trinajstić information content (AvgIpc) is 2.88. The van der Waals surface area contributed by atoms with Gasteiger partial charge in [-0.1, -0.05) is 18.2 Å². The molecule has 1 fully saturated rings. The van der Waals surface area contributed by atoms with Crippen molar-refractivity contribution >= 4 is 22.5 Å². The Bertz CT molecular complexity index is 1290. The van der Waals surface area contributed by atoms with Crippen LogP contribution in [-0.2, 0) is 13.0 Å². The molecule has 5 nitrogen and oxygen atoms in total. The van der Waals surface area contributed by atoms with E-state index in [4.69, 9.17) is 0 Å². The first kappa shape index (κ1) is 22.1. The number of carbonyl (C=O) groups excluding carboxylic acids is 1. The van der Waals surface area contributed by atoms with Crippen molar-refractivity contribution in [1.29, 1.82) is 0 Å². The minimum Gasteiger partial charge on any atom is -0.381 e. The van der Waals surface area contributed by atoms with Gasteiger partial charge in [0.2, 0.25) is 0 Å². The zero-order valence-corrected chi connectivity index (χ0v) is 19.6. The lowest BCUT2D eigenvalue weighted by molar-refractivity contribution is 0.0673. The first-order chi connectivity index (χ1) is 16.7. The number of amides is 1. The van der Waals surface area contributed by atoms with Crippen LogP contribution in [0.3, 0.4) is 0 Å². The van der Waals surface area contributed by atoms with Gasteiger partial charge in [0.25, 0.3) is 5.91 Å². The Balaban J connectivity index is 1.25. The lowest BCUT2D eigenvalue weighted by Crippen LogP contribution is -2.40. The summed E-state index contributed by atoms with van der Waals surface area (Å²) in [7, 11) is 0. The fourth-order valence-electron chi connectivity index (χ4n) is 4.83. The second-order valence-corrected chi connectivity index (χ2v) is 9.23. The van der Waals surface area contributed by atoms with Gasteiger partial charge in [0.05, 0.1) is 5.52 Å². The molecule has 0 spiro atoms. The number of nitrogens with zero attached hydrogens (tertiary/aromatic N) is 3. The Morgan fingerprint density at radius 2 is 1.91 bits per heavy atom. The standard InChI is InChI=1S/C29H30N4O/c1-21-6-8-26(18-28(21)32-19-22-10-13-30-14-11-22)29(34)33-15-3-4-24(20-33)16-23-7-9-27-25(17-23)5-2-12-31-27/h2,5-14,17-18,24,32H,3-4,15-16,19-20H2,1H3. The summed E-state index contributed by atoms with van der Waals surface area (Å²) in [4.78, 5) is 23.9. The summed E-state index contributed by atoms with van der Waals surface area (Å²) in [6, 6.07) is 20.6. The minimum absolute atomic E-state index is 0.124. The highest BCUT2D eigenvalue weighted by Crippen LogP contribution is 2.25.